The summed E-state index contributed by atoms with van der Waals surface area (Å²) < 4.78 is 1.05. The second kappa shape index (κ2) is 8.55. The number of anilines is 1. The molecule has 2 heterocycles. The van der Waals surface area contributed by atoms with Crippen LogP contribution < -0.4 is 4.90 Å². The number of thiazole rings is 1. The Labute approximate surface area is 178 Å². The van der Waals surface area contributed by atoms with E-state index in [4.69, 9.17) is 16.6 Å². The van der Waals surface area contributed by atoms with E-state index in [0.717, 1.165) is 26.9 Å². The van der Waals surface area contributed by atoms with Crippen LogP contribution in [0.3, 0.4) is 0 Å². The molecule has 6 heteroatoms. The quantitative estimate of drug-likeness (QED) is 0.378. The first-order valence-electron chi connectivity index (χ1n) is 9.11. The van der Waals surface area contributed by atoms with Crippen molar-refractivity contribution in [2.45, 2.75) is 13.5 Å². The lowest BCUT2D eigenvalue weighted by Crippen LogP contribution is -2.28. The zero-order valence-electron chi connectivity index (χ0n) is 15.7. The number of carbonyl (C=O) groups excluding carboxylic acids is 1. The molecule has 29 heavy (non-hydrogen) atoms. The second-order valence-electron chi connectivity index (χ2n) is 6.56. The van der Waals surface area contributed by atoms with Crippen LogP contribution in [0.1, 0.15) is 16.7 Å². The standard InChI is InChI=1S/C23H18ClN3OS/c1-16-6-4-10-20-22(16)26-23(29-20)27(15-17-7-5-13-25-14-17)21(28)12-11-18-8-2-3-9-19(18)24/h2-14H,15H2,1H3/b12-11+. The highest BCUT2D eigenvalue weighted by molar-refractivity contribution is 7.22. The van der Waals surface area contributed by atoms with E-state index in [0.29, 0.717) is 16.7 Å². The summed E-state index contributed by atoms with van der Waals surface area (Å²) in [5, 5.41) is 1.26. The van der Waals surface area contributed by atoms with Gasteiger partial charge in [0.05, 0.1) is 16.8 Å². The minimum absolute atomic E-state index is 0.162. The summed E-state index contributed by atoms with van der Waals surface area (Å²) in [4.78, 5) is 23.7. The van der Waals surface area contributed by atoms with Gasteiger partial charge in [-0.2, -0.15) is 0 Å². The van der Waals surface area contributed by atoms with Gasteiger partial charge in [-0.15, -0.1) is 0 Å². The van der Waals surface area contributed by atoms with Crippen molar-refractivity contribution in [3.63, 3.8) is 0 Å². The van der Waals surface area contributed by atoms with Crippen molar-refractivity contribution >= 4 is 50.3 Å². The molecule has 2 aromatic heterocycles. The molecule has 0 radical (unpaired) electrons. The van der Waals surface area contributed by atoms with Gasteiger partial charge in [-0.3, -0.25) is 14.7 Å². The van der Waals surface area contributed by atoms with Gasteiger partial charge < -0.3 is 0 Å². The predicted octanol–water partition coefficient (Wildman–Crippen LogP) is 5.90. The van der Waals surface area contributed by atoms with Gasteiger partial charge in [-0.25, -0.2) is 4.98 Å². The van der Waals surface area contributed by atoms with Gasteiger partial charge in [0, 0.05) is 23.5 Å². The molecule has 0 N–H and O–H groups in total. The molecule has 0 unspecified atom stereocenters. The number of aromatic nitrogens is 2. The molecule has 0 atom stereocenters. The third-order valence-electron chi connectivity index (χ3n) is 4.48. The largest absolute Gasteiger partial charge is 0.280 e. The van der Waals surface area contributed by atoms with Crippen molar-refractivity contribution in [1.29, 1.82) is 0 Å². The molecule has 0 saturated carbocycles. The number of pyridine rings is 1. The highest BCUT2D eigenvalue weighted by Gasteiger charge is 2.19. The van der Waals surface area contributed by atoms with Crippen molar-refractivity contribution < 1.29 is 4.79 Å². The van der Waals surface area contributed by atoms with E-state index in [-0.39, 0.29) is 5.91 Å². The summed E-state index contributed by atoms with van der Waals surface area (Å²) in [5.74, 6) is -0.162. The number of hydrogen-bond acceptors (Lipinski definition) is 4. The van der Waals surface area contributed by atoms with Crippen molar-refractivity contribution in [2.75, 3.05) is 4.90 Å². The molecule has 2 aromatic carbocycles. The molecule has 4 rings (SSSR count). The first-order valence-corrected chi connectivity index (χ1v) is 10.3. The van der Waals surface area contributed by atoms with Crippen LogP contribution in [0, 0.1) is 6.92 Å². The number of aryl methyl sites for hydroxylation is 1. The summed E-state index contributed by atoms with van der Waals surface area (Å²) in [7, 11) is 0. The molecule has 0 fully saturated rings. The van der Waals surface area contributed by atoms with Crippen LogP contribution in [0.15, 0.2) is 73.1 Å². The van der Waals surface area contributed by atoms with Crippen LogP contribution in [0.5, 0.6) is 0 Å². The summed E-state index contributed by atoms with van der Waals surface area (Å²) in [6.45, 7) is 2.41. The molecule has 1 amide bonds. The molecule has 0 spiro atoms. The summed E-state index contributed by atoms with van der Waals surface area (Å²) in [5.41, 5.74) is 3.74. The molecule has 0 bridgehead atoms. The average Bonchev–Trinajstić information content (AvgIpc) is 3.17. The molecule has 0 aliphatic heterocycles. The van der Waals surface area contributed by atoms with E-state index in [2.05, 4.69) is 4.98 Å². The van der Waals surface area contributed by atoms with E-state index in [1.807, 2.05) is 55.5 Å². The van der Waals surface area contributed by atoms with Gasteiger partial charge in [-0.1, -0.05) is 59.3 Å². The molecule has 0 aliphatic rings. The Morgan fingerprint density at radius 2 is 2.00 bits per heavy atom. The van der Waals surface area contributed by atoms with Crippen LogP contribution in [-0.2, 0) is 11.3 Å². The lowest BCUT2D eigenvalue weighted by molar-refractivity contribution is -0.114. The van der Waals surface area contributed by atoms with Gasteiger partial charge in [-0.05, 0) is 47.9 Å². The Balaban J connectivity index is 1.70. The Bertz CT molecular complexity index is 1190. The molecule has 0 aliphatic carbocycles. The smallest absolute Gasteiger partial charge is 0.253 e. The second-order valence-corrected chi connectivity index (χ2v) is 7.97. The van der Waals surface area contributed by atoms with E-state index in [1.54, 1.807) is 29.4 Å². The topological polar surface area (TPSA) is 46.1 Å². The van der Waals surface area contributed by atoms with Crippen molar-refractivity contribution in [2.24, 2.45) is 0 Å². The fourth-order valence-corrected chi connectivity index (χ4v) is 4.21. The minimum atomic E-state index is -0.162. The lowest BCUT2D eigenvalue weighted by Gasteiger charge is -2.18. The van der Waals surface area contributed by atoms with Gasteiger partial charge in [0.2, 0.25) is 0 Å². The highest BCUT2D eigenvalue weighted by Crippen LogP contribution is 2.31. The van der Waals surface area contributed by atoms with Crippen LogP contribution in [0.4, 0.5) is 5.13 Å². The molecule has 4 aromatic rings. The van der Waals surface area contributed by atoms with Gasteiger partial charge in [0.15, 0.2) is 5.13 Å². The fraction of sp³-hybridized carbons (Fsp3) is 0.0870. The highest BCUT2D eigenvalue weighted by atomic mass is 35.5. The van der Waals surface area contributed by atoms with Gasteiger partial charge in [0.25, 0.3) is 5.91 Å². The Morgan fingerprint density at radius 3 is 2.76 bits per heavy atom. The number of carbonyl (C=O) groups is 1. The van der Waals surface area contributed by atoms with Gasteiger partial charge in [0.1, 0.15) is 0 Å². The molecule has 144 valence electrons. The predicted molar refractivity (Wildman–Crippen MR) is 120 cm³/mol. The van der Waals surface area contributed by atoms with Crippen molar-refractivity contribution in [3.05, 3.63) is 94.8 Å². The van der Waals surface area contributed by atoms with Crippen LogP contribution in [-0.4, -0.2) is 15.9 Å². The third-order valence-corrected chi connectivity index (χ3v) is 5.87. The van der Waals surface area contributed by atoms with E-state index in [1.165, 1.54) is 17.4 Å². The Kier molecular flexibility index (Phi) is 5.69. The summed E-state index contributed by atoms with van der Waals surface area (Å²) in [6, 6.07) is 17.3. The maximum absolute atomic E-state index is 13.1. The first kappa shape index (κ1) is 19.3. The molecular weight excluding hydrogens is 402 g/mol. The SMILES string of the molecule is Cc1cccc2sc(N(Cc3cccnc3)C(=O)/C=C/c3ccccc3Cl)nc12. The number of para-hydroxylation sites is 1. The molecular formula is C23H18ClN3OS. The molecule has 4 nitrogen and oxygen atoms in total. The number of rotatable bonds is 5. The maximum atomic E-state index is 13.1. The van der Waals surface area contributed by atoms with Crippen molar-refractivity contribution in [1.82, 2.24) is 9.97 Å². The van der Waals surface area contributed by atoms with E-state index in [9.17, 15) is 4.79 Å². The minimum Gasteiger partial charge on any atom is -0.280 e. The number of hydrogen-bond donors (Lipinski definition) is 0. The van der Waals surface area contributed by atoms with E-state index >= 15 is 0 Å². The normalized spacial score (nSPS) is 11.2. The zero-order chi connectivity index (χ0) is 20.2. The number of nitrogens with zero attached hydrogens (tertiary/aromatic N) is 3. The number of benzene rings is 2. The number of fused-ring (bicyclic) bond motifs is 1. The van der Waals surface area contributed by atoms with Crippen molar-refractivity contribution in [3.8, 4) is 0 Å². The number of amides is 1. The lowest BCUT2D eigenvalue weighted by atomic mass is 10.2. The van der Waals surface area contributed by atoms with Gasteiger partial charge >= 0.3 is 0 Å². The Morgan fingerprint density at radius 1 is 1.14 bits per heavy atom. The monoisotopic (exact) mass is 419 g/mol. The third kappa shape index (κ3) is 4.36. The first-order chi connectivity index (χ1) is 14.1. The Hall–Kier alpha value is -3.02. The summed E-state index contributed by atoms with van der Waals surface area (Å²) in [6.07, 6.45) is 6.75. The van der Waals surface area contributed by atoms with Crippen LogP contribution in [0.2, 0.25) is 5.02 Å². The van der Waals surface area contributed by atoms with E-state index < -0.39 is 0 Å². The fourth-order valence-electron chi connectivity index (χ4n) is 2.97. The molecule has 0 saturated heterocycles. The number of halogens is 1. The van der Waals surface area contributed by atoms with Crippen LogP contribution in [0.25, 0.3) is 16.3 Å². The average molecular weight is 420 g/mol. The summed E-state index contributed by atoms with van der Waals surface area (Å²) >= 11 is 7.72. The van der Waals surface area contributed by atoms with Crippen LogP contribution >= 0.6 is 22.9 Å². The maximum Gasteiger partial charge on any atom is 0.253 e. The zero-order valence-corrected chi connectivity index (χ0v) is 17.3.